The van der Waals surface area contributed by atoms with E-state index in [1.54, 1.807) is 6.92 Å². The van der Waals surface area contributed by atoms with Crippen LogP contribution in [0.4, 0.5) is 15.5 Å². The molecule has 0 aliphatic carbocycles. The number of ether oxygens (including phenoxy) is 4. The normalized spacial score (nSPS) is 12.4. The van der Waals surface area contributed by atoms with E-state index in [9.17, 15) is 24.5 Å². The van der Waals surface area contributed by atoms with Crippen molar-refractivity contribution in [3.05, 3.63) is 43.8 Å². The predicted octanol–water partition coefficient (Wildman–Crippen LogP) is 3.23. The number of methoxy groups -OCH3 is 3. The second-order valence-corrected chi connectivity index (χ2v) is 8.11. The van der Waals surface area contributed by atoms with Crippen molar-refractivity contribution in [1.82, 2.24) is 4.90 Å². The first kappa shape index (κ1) is 24.8. The van der Waals surface area contributed by atoms with Gasteiger partial charge < -0.3 is 29.2 Å². The summed E-state index contributed by atoms with van der Waals surface area (Å²) in [4.78, 5) is 50.8. The largest absolute Gasteiger partial charge is 0.493 e. The lowest BCUT2D eigenvalue weighted by molar-refractivity contribution is -0.385. The lowest BCUT2D eigenvalue weighted by atomic mass is 10.0. The van der Waals surface area contributed by atoms with Crippen LogP contribution < -0.4 is 14.8 Å². The monoisotopic (exact) mass is 493 g/mol. The van der Waals surface area contributed by atoms with Crippen LogP contribution in [0.15, 0.2) is 12.1 Å². The van der Waals surface area contributed by atoms with Gasteiger partial charge in [-0.05, 0) is 18.9 Å². The number of anilines is 1. The quantitative estimate of drug-likeness (QED) is 0.349. The molecule has 3 rings (SSSR count). The van der Waals surface area contributed by atoms with E-state index in [4.69, 9.17) is 18.9 Å². The van der Waals surface area contributed by atoms with Crippen LogP contribution in [-0.2, 0) is 22.4 Å². The maximum absolute atomic E-state index is 13.1. The number of carbonyl (C=O) groups excluding carboxylic acids is 3. The van der Waals surface area contributed by atoms with Crippen LogP contribution >= 0.6 is 11.3 Å². The number of benzene rings is 1. The van der Waals surface area contributed by atoms with Crippen molar-refractivity contribution in [2.45, 2.75) is 19.9 Å². The van der Waals surface area contributed by atoms with Gasteiger partial charge in [-0.1, -0.05) is 0 Å². The third-order valence-corrected chi connectivity index (χ3v) is 6.27. The zero-order valence-corrected chi connectivity index (χ0v) is 19.8. The molecule has 12 nitrogen and oxygen atoms in total. The lowest BCUT2D eigenvalue weighted by Gasteiger charge is -2.26. The number of hydrogen-bond donors (Lipinski definition) is 1. The number of esters is 1. The number of thiophene rings is 1. The fourth-order valence-corrected chi connectivity index (χ4v) is 4.80. The molecule has 0 radical (unpaired) electrons. The van der Waals surface area contributed by atoms with Crippen LogP contribution in [0.5, 0.6) is 11.5 Å². The van der Waals surface area contributed by atoms with Gasteiger partial charge in [-0.2, -0.15) is 0 Å². The highest BCUT2D eigenvalue weighted by Gasteiger charge is 2.32. The first-order valence-corrected chi connectivity index (χ1v) is 10.9. The van der Waals surface area contributed by atoms with Gasteiger partial charge in [0.15, 0.2) is 11.5 Å². The van der Waals surface area contributed by atoms with Crippen LogP contribution in [0.3, 0.4) is 0 Å². The Balaban J connectivity index is 2.00. The van der Waals surface area contributed by atoms with E-state index >= 15 is 0 Å². The Labute approximate surface area is 198 Å². The molecule has 1 aromatic carbocycles. The number of nitro benzene ring substituents is 1. The number of carbonyl (C=O) groups is 3. The minimum Gasteiger partial charge on any atom is -0.493 e. The van der Waals surface area contributed by atoms with E-state index in [0.29, 0.717) is 23.4 Å². The zero-order chi connectivity index (χ0) is 25.0. The van der Waals surface area contributed by atoms with Gasteiger partial charge in [0, 0.05) is 17.5 Å². The van der Waals surface area contributed by atoms with Crippen molar-refractivity contribution >= 4 is 40.0 Å². The highest BCUT2D eigenvalue weighted by molar-refractivity contribution is 7.17. The molecule has 2 aromatic rings. The Morgan fingerprint density at radius 1 is 1.18 bits per heavy atom. The number of nitro groups is 1. The van der Waals surface area contributed by atoms with E-state index in [1.165, 1.54) is 32.3 Å². The molecule has 0 unspecified atom stereocenters. The molecule has 0 spiro atoms. The summed E-state index contributed by atoms with van der Waals surface area (Å²) in [6.45, 7) is 2.44. The topological polar surface area (TPSA) is 147 Å². The van der Waals surface area contributed by atoms with Gasteiger partial charge in [0.25, 0.3) is 11.6 Å². The second kappa shape index (κ2) is 10.4. The van der Waals surface area contributed by atoms with Gasteiger partial charge >= 0.3 is 12.1 Å². The van der Waals surface area contributed by atoms with Crippen molar-refractivity contribution in [3.63, 3.8) is 0 Å². The Hall–Kier alpha value is -3.87. The SMILES string of the molecule is CCOC(=O)N1CCc2c(sc(NC(=O)c3cc(OC)c(OC)cc3[N+](=O)[O-])c2C(=O)OC)C1. The number of hydrogen-bond acceptors (Lipinski definition) is 10. The molecule has 1 N–H and O–H groups in total. The molecule has 13 heteroatoms. The third kappa shape index (κ3) is 4.73. The van der Waals surface area contributed by atoms with Crippen LogP contribution in [0.2, 0.25) is 0 Å². The highest BCUT2D eigenvalue weighted by atomic mass is 32.1. The molecular weight excluding hydrogens is 470 g/mol. The van der Waals surface area contributed by atoms with Gasteiger partial charge in [-0.25, -0.2) is 9.59 Å². The summed E-state index contributed by atoms with van der Waals surface area (Å²) in [6, 6.07) is 2.28. The molecule has 0 atom stereocenters. The molecule has 34 heavy (non-hydrogen) atoms. The molecule has 0 saturated heterocycles. The minimum absolute atomic E-state index is 0.0895. The number of nitrogens with one attached hydrogen (secondary N) is 1. The summed E-state index contributed by atoms with van der Waals surface area (Å²) in [5, 5.41) is 14.3. The van der Waals surface area contributed by atoms with Gasteiger partial charge in [-0.15, -0.1) is 11.3 Å². The average molecular weight is 493 g/mol. The summed E-state index contributed by atoms with van der Waals surface area (Å²) in [7, 11) is 3.87. The van der Waals surface area contributed by atoms with E-state index in [0.717, 1.165) is 17.4 Å². The van der Waals surface area contributed by atoms with Crippen molar-refractivity contribution in [3.8, 4) is 11.5 Å². The Bertz CT molecular complexity index is 1140. The number of rotatable bonds is 7. The number of amides is 2. The summed E-state index contributed by atoms with van der Waals surface area (Å²) in [5.41, 5.74) is 0.0274. The first-order chi connectivity index (χ1) is 16.2. The predicted molar refractivity (Wildman–Crippen MR) is 121 cm³/mol. The van der Waals surface area contributed by atoms with Crippen molar-refractivity contribution in [1.29, 1.82) is 0 Å². The van der Waals surface area contributed by atoms with Crippen molar-refractivity contribution in [2.75, 3.05) is 39.8 Å². The molecule has 2 amide bonds. The molecule has 0 fully saturated rings. The molecular formula is C21H23N3O9S. The third-order valence-electron chi connectivity index (χ3n) is 5.14. The standard InChI is InChI=1S/C21H23N3O9S/c1-5-33-21(27)23-7-6-11-16(10-23)34-19(17(11)20(26)32-4)22-18(25)12-8-14(30-2)15(31-3)9-13(12)24(28)29/h8-9H,5-7,10H2,1-4H3,(H,22,25). The highest BCUT2D eigenvalue weighted by Crippen LogP contribution is 2.39. The molecule has 0 saturated carbocycles. The van der Waals surface area contributed by atoms with Crippen LogP contribution in [0.25, 0.3) is 0 Å². The van der Waals surface area contributed by atoms with Crippen LogP contribution in [-0.4, -0.2) is 62.3 Å². The Kier molecular flexibility index (Phi) is 7.56. The summed E-state index contributed by atoms with van der Waals surface area (Å²) in [6.07, 6.45) is -0.130. The maximum atomic E-state index is 13.1. The first-order valence-electron chi connectivity index (χ1n) is 10.1. The Morgan fingerprint density at radius 2 is 1.85 bits per heavy atom. The van der Waals surface area contributed by atoms with Crippen LogP contribution in [0, 0.1) is 10.1 Å². The molecule has 1 aromatic heterocycles. The molecule has 1 aliphatic heterocycles. The lowest BCUT2D eigenvalue weighted by Crippen LogP contribution is -2.36. The molecule has 1 aliphatic rings. The fourth-order valence-electron chi connectivity index (χ4n) is 3.55. The Morgan fingerprint density at radius 3 is 2.44 bits per heavy atom. The van der Waals surface area contributed by atoms with Crippen molar-refractivity contribution in [2.24, 2.45) is 0 Å². The summed E-state index contributed by atoms with van der Waals surface area (Å²) >= 11 is 1.09. The molecule has 0 bridgehead atoms. The van der Waals surface area contributed by atoms with E-state index < -0.39 is 28.6 Å². The maximum Gasteiger partial charge on any atom is 0.410 e. The molecule has 2 heterocycles. The average Bonchev–Trinajstić information content (AvgIpc) is 3.19. The van der Waals surface area contributed by atoms with E-state index in [1.807, 2.05) is 0 Å². The number of fused-ring (bicyclic) bond motifs is 1. The molecule has 182 valence electrons. The van der Waals surface area contributed by atoms with E-state index in [2.05, 4.69) is 5.32 Å². The smallest absolute Gasteiger partial charge is 0.410 e. The van der Waals surface area contributed by atoms with Crippen molar-refractivity contribution < 1.29 is 38.3 Å². The zero-order valence-electron chi connectivity index (χ0n) is 19.0. The van der Waals surface area contributed by atoms with Gasteiger partial charge in [0.05, 0.1) is 51.0 Å². The summed E-state index contributed by atoms with van der Waals surface area (Å²) in [5.74, 6) is -1.27. The summed E-state index contributed by atoms with van der Waals surface area (Å²) < 4.78 is 20.2. The minimum atomic E-state index is -0.821. The second-order valence-electron chi connectivity index (χ2n) is 7.01. The van der Waals surface area contributed by atoms with Crippen LogP contribution in [0.1, 0.15) is 38.1 Å². The van der Waals surface area contributed by atoms with E-state index in [-0.39, 0.29) is 40.8 Å². The number of nitrogens with zero attached hydrogens (tertiary/aromatic N) is 2. The van der Waals surface area contributed by atoms with Gasteiger partial charge in [-0.3, -0.25) is 14.9 Å². The van der Waals surface area contributed by atoms with Gasteiger partial charge in [0.2, 0.25) is 0 Å². The van der Waals surface area contributed by atoms with Gasteiger partial charge in [0.1, 0.15) is 10.6 Å². The fraction of sp³-hybridized carbons (Fsp3) is 0.381.